The highest BCUT2D eigenvalue weighted by Gasteiger charge is 2.41. The number of anilines is 1. The van der Waals surface area contributed by atoms with Gasteiger partial charge in [-0.25, -0.2) is 0 Å². The molecule has 2 amide bonds. The van der Waals surface area contributed by atoms with E-state index in [1.54, 1.807) is 17.9 Å². The summed E-state index contributed by atoms with van der Waals surface area (Å²) in [6, 6.07) is 6.28. The monoisotopic (exact) mass is 482 g/mol. The number of amides is 2. The second-order valence-corrected chi connectivity index (χ2v) is 10.9. The smallest absolute Gasteiger partial charge is 0.251 e. The standard InChI is InChI=1S/C26H38N6O3/c1-26(2,3)17-10-12-19(13-11-17)32(25(35)21-14-20(33)15-27-21)22(23-30-28-16-31(23)4)24(34)29-18-8-6-5-7-9-18/h10-13,16,18,20-22,27,33H,5-9,14-15H2,1-4H3,(H,29,34)/t20-,21-,22?/m1/s1. The second kappa shape index (κ2) is 10.5. The highest BCUT2D eigenvalue weighted by atomic mass is 16.3. The molecular formula is C26H38N6O3. The Labute approximate surface area is 207 Å². The highest BCUT2D eigenvalue weighted by Crippen LogP contribution is 2.32. The number of β-amino-alcohol motifs (C(OH)–C–C–N with tert-alkyl or cyclic N) is 1. The molecule has 190 valence electrons. The van der Waals surface area contributed by atoms with E-state index in [0.717, 1.165) is 31.2 Å². The number of aliphatic hydroxyl groups excluding tert-OH is 1. The van der Waals surface area contributed by atoms with Crippen molar-refractivity contribution in [2.75, 3.05) is 11.4 Å². The van der Waals surface area contributed by atoms with E-state index in [9.17, 15) is 14.7 Å². The summed E-state index contributed by atoms with van der Waals surface area (Å²) in [5.41, 5.74) is 1.69. The zero-order valence-electron chi connectivity index (χ0n) is 21.2. The molecule has 1 saturated carbocycles. The van der Waals surface area contributed by atoms with Gasteiger partial charge in [0.1, 0.15) is 6.33 Å². The summed E-state index contributed by atoms with van der Waals surface area (Å²) >= 11 is 0. The number of hydrogen-bond donors (Lipinski definition) is 3. The molecule has 1 aliphatic heterocycles. The molecule has 1 unspecified atom stereocenters. The van der Waals surface area contributed by atoms with E-state index in [2.05, 4.69) is 41.6 Å². The first-order chi connectivity index (χ1) is 16.6. The SMILES string of the molecule is Cn1cnnc1C(C(=O)NC1CCCCC1)N(C(=O)[C@H]1C[C@@H](O)CN1)c1ccc(C(C)(C)C)cc1. The first-order valence-corrected chi connectivity index (χ1v) is 12.6. The fourth-order valence-corrected chi connectivity index (χ4v) is 5.02. The summed E-state index contributed by atoms with van der Waals surface area (Å²) in [6.45, 7) is 6.74. The van der Waals surface area contributed by atoms with Crippen molar-refractivity contribution in [3.8, 4) is 0 Å². The fraction of sp³-hybridized carbons (Fsp3) is 0.615. The molecule has 2 fully saturated rings. The van der Waals surface area contributed by atoms with Crippen LogP contribution < -0.4 is 15.5 Å². The number of carbonyl (C=O) groups excluding carboxylic acids is 2. The number of nitrogens with one attached hydrogen (secondary N) is 2. The molecule has 0 bridgehead atoms. The molecule has 1 aromatic carbocycles. The normalized spacial score (nSPS) is 22.1. The van der Waals surface area contributed by atoms with Gasteiger partial charge in [-0.05, 0) is 42.4 Å². The lowest BCUT2D eigenvalue weighted by Crippen LogP contribution is -2.52. The van der Waals surface area contributed by atoms with Gasteiger partial charge in [0.2, 0.25) is 5.91 Å². The molecular weight excluding hydrogens is 444 g/mol. The van der Waals surface area contributed by atoms with Crippen LogP contribution in [0.5, 0.6) is 0 Å². The van der Waals surface area contributed by atoms with Crippen molar-refractivity contribution in [3.05, 3.63) is 42.0 Å². The number of aromatic nitrogens is 3. The van der Waals surface area contributed by atoms with Crippen LogP contribution in [0, 0.1) is 0 Å². The van der Waals surface area contributed by atoms with Crippen LogP contribution in [0.3, 0.4) is 0 Å². The molecule has 1 saturated heterocycles. The van der Waals surface area contributed by atoms with E-state index in [-0.39, 0.29) is 23.3 Å². The molecule has 0 radical (unpaired) electrons. The summed E-state index contributed by atoms with van der Waals surface area (Å²) in [7, 11) is 1.78. The van der Waals surface area contributed by atoms with E-state index in [1.807, 2.05) is 24.3 Å². The van der Waals surface area contributed by atoms with Gasteiger partial charge in [-0.3, -0.25) is 14.5 Å². The first kappa shape index (κ1) is 25.3. The van der Waals surface area contributed by atoms with Gasteiger partial charge in [-0.15, -0.1) is 10.2 Å². The lowest BCUT2D eigenvalue weighted by atomic mass is 9.87. The van der Waals surface area contributed by atoms with E-state index >= 15 is 0 Å². The molecule has 3 N–H and O–H groups in total. The van der Waals surface area contributed by atoms with E-state index in [4.69, 9.17) is 0 Å². The maximum absolute atomic E-state index is 13.9. The van der Waals surface area contributed by atoms with Gasteiger partial charge >= 0.3 is 0 Å². The van der Waals surface area contributed by atoms with Gasteiger partial charge in [0.25, 0.3) is 5.91 Å². The largest absolute Gasteiger partial charge is 0.392 e. The summed E-state index contributed by atoms with van der Waals surface area (Å²) in [4.78, 5) is 29.3. The van der Waals surface area contributed by atoms with Gasteiger partial charge in [0.05, 0.1) is 12.1 Å². The van der Waals surface area contributed by atoms with Crippen LogP contribution in [-0.2, 0) is 22.1 Å². The van der Waals surface area contributed by atoms with Crippen molar-refractivity contribution in [2.24, 2.45) is 7.05 Å². The molecule has 0 spiro atoms. The lowest BCUT2D eigenvalue weighted by molar-refractivity contribution is -0.128. The van der Waals surface area contributed by atoms with Crippen LogP contribution in [0.1, 0.15) is 76.7 Å². The Balaban J connectivity index is 1.75. The Morgan fingerprint density at radius 2 is 1.86 bits per heavy atom. The van der Waals surface area contributed by atoms with Gasteiger partial charge in [0.15, 0.2) is 11.9 Å². The number of carbonyl (C=O) groups is 2. The van der Waals surface area contributed by atoms with Crippen molar-refractivity contribution in [1.82, 2.24) is 25.4 Å². The molecule has 3 atom stereocenters. The number of benzene rings is 1. The van der Waals surface area contributed by atoms with Crippen LogP contribution in [0.25, 0.3) is 0 Å². The van der Waals surface area contributed by atoms with Crippen LogP contribution in [-0.4, -0.2) is 56.4 Å². The Hall–Kier alpha value is -2.78. The number of nitrogens with zero attached hydrogens (tertiary/aromatic N) is 4. The minimum atomic E-state index is -0.989. The molecule has 2 heterocycles. The molecule has 4 rings (SSSR count). The van der Waals surface area contributed by atoms with Crippen LogP contribution in [0.15, 0.2) is 30.6 Å². The lowest BCUT2D eigenvalue weighted by Gasteiger charge is -2.34. The van der Waals surface area contributed by atoms with Gasteiger partial charge in [0, 0.05) is 25.3 Å². The Morgan fingerprint density at radius 3 is 2.40 bits per heavy atom. The molecule has 2 aliphatic rings. The summed E-state index contributed by atoms with van der Waals surface area (Å²) in [5, 5.41) is 24.6. The predicted octanol–water partition coefficient (Wildman–Crippen LogP) is 2.36. The van der Waals surface area contributed by atoms with Gasteiger partial charge < -0.3 is 20.3 Å². The first-order valence-electron chi connectivity index (χ1n) is 12.6. The number of aryl methyl sites for hydroxylation is 1. The average Bonchev–Trinajstić information content (AvgIpc) is 3.45. The zero-order chi connectivity index (χ0) is 25.2. The van der Waals surface area contributed by atoms with Crippen molar-refractivity contribution < 1.29 is 14.7 Å². The Morgan fingerprint density at radius 1 is 1.17 bits per heavy atom. The quantitative estimate of drug-likeness (QED) is 0.583. The third-order valence-electron chi connectivity index (χ3n) is 7.10. The van der Waals surface area contributed by atoms with Crippen molar-refractivity contribution >= 4 is 17.5 Å². The predicted molar refractivity (Wildman–Crippen MR) is 134 cm³/mol. The third kappa shape index (κ3) is 5.73. The fourth-order valence-electron chi connectivity index (χ4n) is 5.02. The Bertz CT molecular complexity index is 1020. The maximum atomic E-state index is 13.9. The van der Waals surface area contributed by atoms with Gasteiger partial charge in [-0.1, -0.05) is 52.2 Å². The van der Waals surface area contributed by atoms with E-state index in [0.29, 0.717) is 24.5 Å². The van der Waals surface area contributed by atoms with Gasteiger partial charge in [-0.2, -0.15) is 0 Å². The van der Waals surface area contributed by atoms with Crippen molar-refractivity contribution in [2.45, 2.75) is 88.9 Å². The highest BCUT2D eigenvalue weighted by molar-refractivity contribution is 6.03. The topological polar surface area (TPSA) is 112 Å². The number of hydrogen-bond acceptors (Lipinski definition) is 6. The molecule has 35 heavy (non-hydrogen) atoms. The van der Waals surface area contributed by atoms with Crippen LogP contribution in [0.2, 0.25) is 0 Å². The van der Waals surface area contributed by atoms with Crippen molar-refractivity contribution in [1.29, 1.82) is 0 Å². The minimum Gasteiger partial charge on any atom is -0.392 e. The number of rotatable bonds is 6. The summed E-state index contributed by atoms with van der Waals surface area (Å²) < 4.78 is 1.69. The van der Waals surface area contributed by atoms with E-state index < -0.39 is 18.2 Å². The molecule has 2 aromatic rings. The molecule has 1 aromatic heterocycles. The summed E-state index contributed by atoms with van der Waals surface area (Å²) in [5.74, 6) is -0.137. The second-order valence-electron chi connectivity index (χ2n) is 10.9. The zero-order valence-corrected chi connectivity index (χ0v) is 21.2. The molecule has 9 heteroatoms. The Kier molecular flexibility index (Phi) is 7.56. The third-order valence-corrected chi connectivity index (χ3v) is 7.10. The van der Waals surface area contributed by atoms with Crippen LogP contribution in [0.4, 0.5) is 5.69 Å². The molecule has 1 aliphatic carbocycles. The average molecular weight is 483 g/mol. The minimum absolute atomic E-state index is 0.0498. The van der Waals surface area contributed by atoms with Crippen LogP contribution >= 0.6 is 0 Å². The van der Waals surface area contributed by atoms with Crippen molar-refractivity contribution in [3.63, 3.8) is 0 Å². The van der Waals surface area contributed by atoms with E-state index in [1.165, 1.54) is 11.3 Å². The number of aliphatic hydroxyl groups is 1. The maximum Gasteiger partial charge on any atom is 0.251 e. The summed E-state index contributed by atoms with van der Waals surface area (Å²) in [6.07, 6.45) is 6.45. The molecule has 9 nitrogen and oxygen atoms in total.